The maximum atomic E-state index is 10.8. The number of methoxy groups -OCH3 is 1. The quantitative estimate of drug-likeness (QED) is 0.658. The summed E-state index contributed by atoms with van der Waals surface area (Å²) >= 11 is 0. The highest BCUT2D eigenvalue weighted by Gasteiger charge is 2.04. The third kappa shape index (κ3) is 3.41. The Hall–Kier alpha value is -1.85. The Morgan fingerprint density at radius 1 is 1.47 bits per heavy atom. The van der Waals surface area contributed by atoms with Crippen LogP contribution in [0.2, 0.25) is 0 Å². The predicted molar refractivity (Wildman–Crippen MR) is 53.9 cm³/mol. The number of rotatable bonds is 4. The van der Waals surface area contributed by atoms with Crippen molar-refractivity contribution in [1.29, 1.82) is 0 Å². The van der Waals surface area contributed by atoms with Crippen LogP contribution in [-0.2, 0) is 9.53 Å². The van der Waals surface area contributed by atoms with Gasteiger partial charge in [0.1, 0.15) is 12.1 Å². The third-order valence-corrected chi connectivity index (χ3v) is 1.65. The van der Waals surface area contributed by atoms with Crippen molar-refractivity contribution in [3.05, 3.63) is 12.4 Å². The Kier molecular flexibility index (Phi) is 3.84. The van der Waals surface area contributed by atoms with E-state index in [4.69, 9.17) is 4.74 Å². The summed E-state index contributed by atoms with van der Waals surface area (Å²) in [6, 6.07) is 1.64. The summed E-state index contributed by atoms with van der Waals surface area (Å²) in [5.74, 6) is 0.615. The van der Waals surface area contributed by atoms with Gasteiger partial charge in [0.25, 0.3) is 0 Å². The first-order valence-electron chi connectivity index (χ1n) is 4.32. The highest BCUT2D eigenvalue weighted by Crippen LogP contribution is 2.12. The Balaban J connectivity index is 2.61. The van der Waals surface area contributed by atoms with Crippen LogP contribution in [0.25, 0.3) is 0 Å². The molecule has 0 N–H and O–H groups in total. The predicted octanol–water partition coefficient (Wildman–Crippen LogP) is 0.0944. The van der Waals surface area contributed by atoms with E-state index < -0.39 is 5.97 Å². The van der Waals surface area contributed by atoms with E-state index in [1.807, 2.05) is 19.0 Å². The van der Waals surface area contributed by atoms with Crippen LogP contribution in [0, 0.1) is 0 Å². The SMILES string of the molecule is COC(=O)COc1cc(N(C)C)ncn1. The van der Waals surface area contributed by atoms with Gasteiger partial charge in [-0.25, -0.2) is 14.8 Å². The van der Waals surface area contributed by atoms with E-state index in [0.29, 0.717) is 11.7 Å². The summed E-state index contributed by atoms with van der Waals surface area (Å²) < 4.78 is 9.53. The summed E-state index contributed by atoms with van der Waals surface area (Å²) in [5, 5.41) is 0. The lowest BCUT2D eigenvalue weighted by Crippen LogP contribution is -2.14. The number of anilines is 1. The number of esters is 1. The van der Waals surface area contributed by atoms with Crippen LogP contribution in [0.3, 0.4) is 0 Å². The molecular formula is C9H13N3O3. The molecule has 0 fully saturated rings. The van der Waals surface area contributed by atoms with Gasteiger partial charge in [-0.1, -0.05) is 0 Å². The molecule has 0 aliphatic heterocycles. The van der Waals surface area contributed by atoms with Gasteiger partial charge in [-0.15, -0.1) is 0 Å². The maximum absolute atomic E-state index is 10.8. The molecule has 6 heteroatoms. The summed E-state index contributed by atoms with van der Waals surface area (Å²) in [7, 11) is 5.01. The van der Waals surface area contributed by atoms with Crippen LogP contribution in [-0.4, -0.2) is 43.7 Å². The molecule has 1 rings (SSSR count). The van der Waals surface area contributed by atoms with Crippen molar-refractivity contribution in [2.24, 2.45) is 0 Å². The molecule has 0 saturated carbocycles. The summed E-state index contributed by atoms with van der Waals surface area (Å²) in [4.78, 5) is 20.5. The average molecular weight is 211 g/mol. The van der Waals surface area contributed by atoms with E-state index in [-0.39, 0.29) is 6.61 Å². The van der Waals surface area contributed by atoms with Crippen molar-refractivity contribution >= 4 is 11.8 Å². The maximum Gasteiger partial charge on any atom is 0.343 e. The summed E-state index contributed by atoms with van der Waals surface area (Å²) in [6.45, 7) is -0.152. The fourth-order valence-corrected chi connectivity index (χ4v) is 0.845. The first kappa shape index (κ1) is 11.2. The first-order valence-corrected chi connectivity index (χ1v) is 4.32. The number of hydrogen-bond donors (Lipinski definition) is 0. The molecule has 1 aromatic heterocycles. The molecule has 0 amide bonds. The van der Waals surface area contributed by atoms with Crippen LogP contribution in [0.4, 0.5) is 5.82 Å². The number of nitrogens with zero attached hydrogens (tertiary/aromatic N) is 3. The van der Waals surface area contributed by atoms with E-state index >= 15 is 0 Å². The molecule has 0 aliphatic carbocycles. The fraction of sp³-hybridized carbons (Fsp3) is 0.444. The average Bonchev–Trinajstić information content (AvgIpc) is 2.26. The normalized spacial score (nSPS) is 9.53. The molecular weight excluding hydrogens is 198 g/mol. The topological polar surface area (TPSA) is 64.6 Å². The van der Waals surface area contributed by atoms with Gasteiger partial charge >= 0.3 is 5.97 Å². The molecule has 82 valence electrons. The number of hydrogen-bond acceptors (Lipinski definition) is 6. The van der Waals surface area contributed by atoms with E-state index in [0.717, 1.165) is 0 Å². The number of aromatic nitrogens is 2. The van der Waals surface area contributed by atoms with Crippen molar-refractivity contribution < 1.29 is 14.3 Å². The Morgan fingerprint density at radius 2 is 2.20 bits per heavy atom. The first-order chi connectivity index (χ1) is 7.13. The van der Waals surface area contributed by atoms with E-state index in [2.05, 4.69) is 14.7 Å². The Morgan fingerprint density at radius 3 is 2.80 bits per heavy atom. The molecule has 1 aromatic rings. The Labute approximate surface area is 87.8 Å². The molecule has 0 saturated heterocycles. The molecule has 0 bridgehead atoms. The second-order valence-corrected chi connectivity index (χ2v) is 2.97. The zero-order valence-corrected chi connectivity index (χ0v) is 8.93. The lowest BCUT2D eigenvalue weighted by Gasteiger charge is -2.11. The van der Waals surface area contributed by atoms with Crippen LogP contribution in [0.5, 0.6) is 5.88 Å². The van der Waals surface area contributed by atoms with Crippen molar-refractivity contribution in [2.75, 3.05) is 32.7 Å². The largest absolute Gasteiger partial charge is 0.466 e. The standard InChI is InChI=1S/C9H13N3O3/c1-12(2)7-4-8(11-6-10-7)15-5-9(13)14-3/h4,6H,5H2,1-3H3. The van der Waals surface area contributed by atoms with Gasteiger partial charge in [0.2, 0.25) is 5.88 Å². The van der Waals surface area contributed by atoms with Crippen molar-refractivity contribution in [3.63, 3.8) is 0 Å². The van der Waals surface area contributed by atoms with Crippen molar-refractivity contribution in [2.45, 2.75) is 0 Å². The van der Waals surface area contributed by atoms with E-state index in [1.54, 1.807) is 6.07 Å². The van der Waals surface area contributed by atoms with Gasteiger partial charge in [0.05, 0.1) is 7.11 Å². The second kappa shape index (κ2) is 5.14. The van der Waals surface area contributed by atoms with E-state index in [1.165, 1.54) is 13.4 Å². The zero-order valence-electron chi connectivity index (χ0n) is 8.93. The van der Waals surface area contributed by atoms with Crippen LogP contribution >= 0.6 is 0 Å². The molecule has 6 nitrogen and oxygen atoms in total. The summed E-state index contributed by atoms with van der Waals surface area (Å²) in [6.07, 6.45) is 1.38. The number of carbonyl (C=O) groups excluding carboxylic acids is 1. The molecule has 0 atom stereocenters. The highest BCUT2D eigenvalue weighted by molar-refractivity contribution is 5.70. The molecule has 0 aliphatic rings. The van der Waals surface area contributed by atoms with E-state index in [9.17, 15) is 4.79 Å². The lowest BCUT2D eigenvalue weighted by molar-refractivity contribution is -0.143. The van der Waals surface area contributed by atoms with Crippen LogP contribution in [0.15, 0.2) is 12.4 Å². The smallest absolute Gasteiger partial charge is 0.343 e. The van der Waals surface area contributed by atoms with Crippen molar-refractivity contribution in [1.82, 2.24) is 9.97 Å². The number of ether oxygens (including phenoxy) is 2. The van der Waals surface area contributed by atoms with Gasteiger partial charge in [0, 0.05) is 20.2 Å². The van der Waals surface area contributed by atoms with Crippen LogP contribution < -0.4 is 9.64 Å². The van der Waals surface area contributed by atoms with Crippen molar-refractivity contribution in [3.8, 4) is 5.88 Å². The molecule has 0 unspecified atom stereocenters. The van der Waals surface area contributed by atoms with Gasteiger partial charge in [-0.05, 0) is 0 Å². The second-order valence-electron chi connectivity index (χ2n) is 2.97. The molecule has 0 radical (unpaired) electrons. The Bertz CT molecular complexity index is 341. The van der Waals surface area contributed by atoms with Gasteiger partial charge in [-0.3, -0.25) is 0 Å². The van der Waals surface area contributed by atoms with Gasteiger partial charge < -0.3 is 14.4 Å². The minimum Gasteiger partial charge on any atom is -0.466 e. The van der Waals surface area contributed by atoms with Gasteiger partial charge in [-0.2, -0.15) is 0 Å². The molecule has 1 heterocycles. The minimum atomic E-state index is -0.444. The minimum absolute atomic E-state index is 0.152. The molecule has 0 aromatic carbocycles. The highest BCUT2D eigenvalue weighted by atomic mass is 16.6. The lowest BCUT2D eigenvalue weighted by atomic mass is 10.5. The zero-order chi connectivity index (χ0) is 11.3. The van der Waals surface area contributed by atoms with Gasteiger partial charge in [0.15, 0.2) is 6.61 Å². The summed E-state index contributed by atoms with van der Waals surface area (Å²) in [5.41, 5.74) is 0. The van der Waals surface area contributed by atoms with Crippen LogP contribution in [0.1, 0.15) is 0 Å². The monoisotopic (exact) mass is 211 g/mol. The molecule has 15 heavy (non-hydrogen) atoms. The molecule has 0 spiro atoms. The number of carbonyl (C=O) groups is 1. The fourth-order valence-electron chi connectivity index (χ4n) is 0.845. The third-order valence-electron chi connectivity index (χ3n) is 1.65.